The zero-order chi connectivity index (χ0) is 17.4. The standard InChI is InChI=1S/C21H20O3Si/c1-22-25(23-2,24-3)21-9-8-17-12-18-10-15-6-4-5-7-16(15)11-19(18)13-20(17)14-21/h4-14H,1-3H3. The van der Waals surface area contributed by atoms with Crippen molar-refractivity contribution >= 4 is 46.3 Å². The summed E-state index contributed by atoms with van der Waals surface area (Å²) in [5, 5.41) is 8.29. The third-order valence-electron chi connectivity index (χ3n) is 4.82. The zero-order valence-corrected chi connectivity index (χ0v) is 15.6. The van der Waals surface area contributed by atoms with Gasteiger partial charge in [0, 0.05) is 26.5 Å². The van der Waals surface area contributed by atoms with Crippen LogP contribution in [-0.2, 0) is 13.3 Å². The number of hydrogen-bond donors (Lipinski definition) is 0. The van der Waals surface area contributed by atoms with E-state index in [1.54, 1.807) is 21.3 Å². The summed E-state index contributed by atoms with van der Waals surface area (Å²) in [6.45, 7) is 0. The highest BCUT2D eigenvalue weighted by atomic mass is 28.4. The van der Waals surface area contributed by atoms with Gasteiger partial charge in [0.25, 0.3) is 0 Å². The van der Waals surface area contributed by atoms with Gasteiger partial charge < -0.3 is 13.3 Å². The van der Waals surface area contributed by atoms with Crippen molar-refractivity contribution in [3.63, 3.8) is 0 Å². The molecule has 0 fully saturated rings. The summed E-state index contributed by atoms with van der Waals surface area (Å²) in [6.07, 6.45) is 0. The molecule has 4 aromatic carbocycles. The Kier molecular flexibility index (Phi) is 4.05. The van der Waals surface area contributed by atoms with Crippen LogP contribution in [0.3, 0.4) is 0 Å². The van der Waals surface area contributed by atoms with Gasteiger partial charge in [0.15, 0.2) is 0 Å². The molecule has 0 N–H and O–H groups in total. The Morgan fingerprint density at radius 3 is 1.48 bits per heavy atom. The first-order valence-corrected chi connectivity index (χ1v) is 9.94. The molecular weight excluding hydrogens is 328 g/mol. The minimum atomic E-state index is -2.82. The van der Waals surface area contributed by atoms with Crippen LogP contribution >= 0.6 is 0 Å². The van der Waals surface area contributed by atoms with E-state index in [4.69, 9.17) is 13.3 Å². The molecule has 25 heavy (non-hydrogen) atoms. The summed E-state index contributed by atoms with van der Waals surface area (Å²) in [5.74, 6) is 0. The fourth-order valence-corrected chi connectivity index (χ4v) is 5.31. The van der Waals surface area contributed by atoms with E-state index in [1.165, 1.54) is 26.9 Å². The van der Waals surface area contributed by atoms with E-state index in [9.17, 15) is 0 Å². The van der Waals surface area contributed by atoms with E-state index < -0.39 is 8.80 Å². The molecule has 3 nitrogen and oxygen atoms in total. The summed E-state index contributed by atoms with van der Waals surface area (Å²) < 4.78 is 16.8. The van der Waals surface area contributed by atoms with E-state index in [0.29, 0.717) is 0 Å². The quantitative estimate of drug-likeness (QED) is 0.408. The van der Waals surface area contributed by atoms with Crippen LogP contribution in [0.15, 0.2) is 66.7 Å². The van der Waals surface area contributed by atoms with Crippen molar-refractivity contribution in [3.8, 4) is 0 Å². The van der Waals surface area contributed by atoms with Crippen LogP contribution in [0, 0.1) is 0 Å². The molecule has 126 valence electrons. The number of rotatable bonds is 4. The molecule has 0 bridgehead atoms. The molecule has 4 heteroatoms. The molecular formula is C21H20O3Si. The molecule has 0 aromatic heterocycles. The van der Waals surface area contributed by atoms with E-state index in [0.717, 1.165) is 10.6 Å². The molecule has 0 aliphatic rings. The summed E-state index contributed by atoms with van der Waals surface area (Å²) in [5.41, 5.74) is 0. The van der Waals surface area contributed by atoms with Crippen LogP contribution in [0.4, 0.5) is 0 Å². The van der Waals surface area contributed by atoms with Gasteiger partial charge in [-0.1, -0.05) is 36.4 Å². The van der Waals surface area contributed by atoms with Crippen molar-refractivity contribution in [1.29, 1.82) is 0 Å². The third kappa shape index (κ3) is 2.64. The fraction of sp³-hybridized carbons (Fsp3) is 0.143. The average molecular weight is 348 g/mol. The first-order valence-electron chi connectivity index (χ1n) is 8.21. The van der Waals surface area contributed by atoms with E-state index in [2.05, 4.69) is 60.7 Å². The van der Waals surface area contributed by atoms with Crippen LogP contribution in [0.5, 0.6) is 0 Å². The molecule has 0 aliphatic heterocycles. The maximum Gasteiger partial charge on any atom is 0.536 e. The number of benzene rings is 4. The lowest BCUT2D eigenvalue weighted by Crippen LogP contribution is -2.54. The van der Waals surface area contributed by atoms with Crippen LogP contribution in [-0.4, -0.2) is 30.1 Å². The Labute approximate surface area is 148 Å². The number of hydrogen-bond acceptors (Lipinski definition) is 3. The predicted molar refractivity (Wildman–Crippen MR) is 105 cm³/mol. The predicted octanol–water partition coefficient (Wildman–Crippen LogP) is 4.23. The smallest absolute Gasteiger partial charge is 0.373 e. The molecule has 0 saturated carbocycles. The van der Waals surface area contributed by atoms with Gasteiger partial charge in [-0.2, -0.15) is 0 Å². The SMILES string of the molecule is CO[Si](OC)(OC)c1ccc2cc3cc4ccccc4cc3cc2c1. The maximum atomic E-state index is 5.61. The molecule has 0 aliphatic carbocycles. The zero-order valence-electron chi connectivity index (χ0n) is 14.6. The normalized spacial score (nSPS) is 12.3. The van der Waals surface area contributed by atoms with E-state index in [1.807, 2.05) is 6.07 Å². The van der Waals surface area contributed by atoms with Crippen molar-refractivity contribution < 1.29 is 13.3 Å². The lowest BCUT2D eigenvalue weighted by atomic mass is 10.00. The molecule has 0 spiro atoms. The van der Waals surface area contributed by atoms with Crippen molar-refractivity contribution in [2.75, 3.05) is 21.3 Å². The molecule has 0 atom stereocenters. The molecule has 0 unspecified atom stereocenters. The summed E-state index contributed by atoms with van der Waals surface area (Å²) >= 11 is 0. The minimum Gasteiger partial charge on any atom is -0.373 e. The van der Waals surface area contributed by atoms with Gasteiger partial charge in [-0.05, 0) is 62.6 Å². The minimum absolute atomic E-state index is 0.965. The molecule has 4 rings (SSSR count). The van der Waals surface area contributed by atoms with Crippen molar-refractivity contribution in [3.05, 3.63) is 66.7 Å². The Balaban J connectivity index is 1.95. The van der Waals surface area contributed by atoms with E-state index >= 15 is 0 Å². The lowest BCUT2D eigenvalue weighted by molar-refractivity contribution is 0.140. The Morgan fingerprint density at radius 1 is 0.520 bits per heavy atom. The average Bonchev–Trinajstić information content (AvgIpc) is 2.66. The lowest BCUT2D eigenvalue weighted by Gasteiger charge is -2.24. The molecule has 0 amide bonds. The first kappa shape index (κ1) is 16.2. The second-order valence-electron chi connectivity index (χ2n) is 6.13. The second kappa shape index (κ2) is 6.24. The van der Waals surface area contributed by atoms with Gasteiger partial charge in [0.1, 0.15) is 0 Å². The Bertz CT molecular complexity index is 1060. The van der Waals surface area contributed by atoms with Crippen LogP contribution < -0.4 is 5.19 Å². The van der Waals surface area contributed by atoms with Gasteiger partial charge in [-0.25, -0.2) is 0 Å². The molecule has 0 saturated heterocycles. The fourth-order valence-electron chi connectivity index (χ4n) is 3.49. The molecule has 0 radical (unpaired) electrons. The highest BCUT2D eigenvalue weighted by Crippen LogP contribution is 2.27. The monoisotopic (exact) mass is 348 g/mol. The third-order valence-corrected chi connectivity index (χ3v) is 7.45. The van der Waals surface area contributed by atoms with Crippen molar-refractivity contribution in [1.82, 2.24) is 0 Å². The summed E-state index contributed by atoms with van der Waals surface area (Å²) in [4.78, 5) is 0. The highest BCUT2D eigenvalue weighted by Gasteiger charge is 2.40. The maximum absolute atomic E-state index is 5.61. The Morgan fingerprint density at radius 2 is 0.960 bits per heavy atom. The molecule has 4 aromatic rings. The van der Waals surface area contributed by atoms with E-state index in [-0.39, 0.29) is 0 Å². The van der Waals surface area contributed by atoms with Gasteiger partial charge in [0.05, 0.1) is 0 Å². The summed E-state index contributed by atoms with van der Waals surface area (Å²) in [7, 11) is 2.08. The largest absolute Gasteiger partial charge is 0.536 e. The van der Waals surface area contributed by atoms with Crippen molar-refractivity contribution in [2.45, 2.75) is 0 Å². The first-order chi connectivity index (χ1) is 12.2. The van der Waals surface area contributed by atoms with Gasteiger partial charge in [0.2, 0.25) is 0 Å². The van der Waals surface area contributed by atoms with Gasteiger partial charge in [-0.15, -0.1) is 0 Å². The second-order valence-corrected chi connectivity index (χ2v) is 9.04. The highest BCUT2D eigenvalue weighted by molar-refractivity contribution is 6.75. The summed E-state index contributed by atoms with van der Waals surface area (Å²) in [6, 6.07) is 23.7. The van der Waals surface area contributed by atoms with Crippen LogP contribution in [0.2, 0.25) is 0 Å². The van der Waals surface area contributed by atoms with Gasteiger partial charge in [-0.3, -0.25) is 0 Å². The number of fused-ring (bicyclic) bond motifs is 3. The van der Waals surface area contributed by atoms with Crippen LogP contribution in [0.25, 0.3) is 32.3 Å². The van der Waals surface area contributed by atoms with Gasteiger partial charge >= 0.3 is 8.80 Å². The van der Waals surface area contributed by atoms with Crippen LogP contribution in [0.1, 0.15) is 0 Å². The topological polar surface area (TPSA) is 27.7 Å². The Hall–Kier alpha value is -2.24. The van der Waals surface area contributed by atoms with Crippen molar-refractivity contribution in [2.24, 2.45) is 0 Å². The molecule has 0 heterocycles.